The van der Waals surface area contributed by atoms with Crippen LogP contribution in [0.15, 0.2) is 52.0 Å². The van der Waals surface area contributed by atoms with Gasteiger partial charge in [0.2, 0.25) is 5.91 Å². The molecule has 1 aromatic carbocycles. The summed E-state index contributed by atoms with van der Waals surface area (Å²) in [6, 6.07) is 10.7. The van der Waals surface area contributed by atoms with Crippen LogP contribution in [-0.2, 0) is 20.1 Å². The zero-order valence-corrected chi connectivity index (χ0v) is 17.7. The number of nitrogens with one attached hydrogen (secondary N) is 1. The number of anilines is 1. The summed E-state index contributed by atoms with van der Waals surface area (Å²) in [5, 5.41) is 2.72. The second-order valence-corrected chi connectivity index (χ2v) is 8.59. The Balaban J connectivity index is 1.65. The summed E-state index contributed by atoms with van der Waals surface area (Å²) in [6.07, 6.45) is 6.55. The predicted molar refractivity (Wildman–Crippen MR) is 116 cm³/mol. The fourth-order valence-corrected chi connectivity index (χ4v) is 5.07. The molecule has 0 spiro atoms. The van der Waals surface area contributed by atoms with E-state index in [4.69, 9.17) is 4.42 Å². The molecule has 1 fully saturated rings. The Labute approximate surface area is 179 Å². The van der Waals surface area contributed by atoms with Crippen molar-refractivity contribution in [3.8, 4) is 0 Å². The SMILES string of the molecule is CC(=O)Nc1ccc(C2=C(SCc3ccco3)C(=O)N(C3CCCCC3)C2=O)cc1. The minimum atomic E-state index is -0.221. The van der Waals surface area contributed by atoms with Crippen molar-refractivity contribution < 1.29 is 18.8 Å². The zero-order chi connectivity index (χ0) is 21.1. The molecule has 3 amide bonds. The van der Waals surface area contributed by atoms with Crippen molar-refractivity contribution in [3.05, 3.63) is 58.9 Å². The summed E-state index contributed by atoms with van der Waals surface area (Å²) < 4.78 is 5.40. The number of carbonyl (C=O) groups is 3. The van der Waals surface area contributed by atoms with Crippen molar-refractivity contribution >= 4 is 40.7 Å². The van der Waals surface area contributed by atoms with Gasteiger partial charge in [0.1, 0.15) is 5.76 Å². The van der Waals surface area contributed by atoms with Crippen LogP contribution in [0.5, 0.6) is 0 Å². The fraction of sp³-hybridized carbons (Fsp3) is 0.348. The standard InChI is InChI=1S/C23H24N2O4S/c1-15(26)24-17-11-9-16(10-12-17)20-21(30-14-19-8-5-13-29-19)23(28)25(22(20)27)18-6-3-2-4-7-18/h5,8-13,18H,2-4,6-7,14H2,1H3,(H,24,26). The molecule has 6 nitrogen and oxygen atoms in total. The molecule has 1 N–H and O–H groups in total. The monoisotopic (exact) mass is 424 g/mol. The first kappa shape index (κ1) is 20.5. The molecular weight excluding hydrogens is 400 g/mol. The van der Waals surface area contributed by atoms with Crippen LogP contribution in [0.3, 0.4) is 0 Å². The van der Waals surface area contributed by atoms with Crippen LogP contribution in [0.1, 0.15) is 50.4 Å². The Morgan fingerprint density at radius 2 is 1.83 bits per heavy atom. The molecule has 1 aromatic heterocycles. The number of rotatable bonds is 6. The fourth-order valence-electron chi connectivity index (χ4n) is 4.05. The quantitative estimate of drug-likeness (QED) is 0.687. The molecule has 0 radical (unpaired) electrons. The molecule has 7 heteroatoms. The number of thioether (sulfide) groups is 1. The number of benzene rings is 1. The maximum atomic E-state index is 13.4. The van der Waals surface area contributed by atoms with Gasteiger partial charge < -0.3 is 9.73 Å². The van der Waals surface area contributed by atoms with Crippen LogP contribution in [0, 0.1) is 0 Å². The number of carbonyl (C=O) groups excluding carboxylic acids is 3. The van der Waals surface area contributed by atoms with E-state index in [0.29, 0.717) is 27.5 Å². The zero-order valence-electron chi connectivity index (χ0n) is 16.8. The largest absolute Gasteiger partial charge is 0.468 e. The molecule has 0 bridgehead atoms. The van der Waals surface area contributed by atoms with E-state index in [1.165, 1.54) is 23.6 Å². The number of hydrogen-bond donors (Lipinski definition) is 1. The van der Waals surface area contributed by atoms with E-state index < -0.39 is 0 Å². The predicted octanol–water partition coefficient (Wildman–Crippen LogP) is 4.58. The lowest BCUT2D eigenvalue weighted by Crippen LogP contribution is -2.42. The average molecular weight is 425 g/mol. The molecule has 30 heavy (non-hydrogen) atoms. The highest BCUT2D eigenvalue weighted by Gasteiger charge is 2.43. The van der Waals surface area contributed by atoms with E-state index in [1.54, 1.807) is 30.5 Å². The van der Waals surface area contributed by atoms with Gasteiger partial charge >= 0.3 is 0 Å². The van der Waals surface area contributed by atoms with Crippen molar-refractivity contribution in [2.75, 3.05) is 5.32 Å². The molecule has 2 aliphatic rings. The van der Waals surface area contributed by atoms with Gasteiger partial charge in [0.25, 0.3) is 11.8 Å². The van der Waals surface area contributed by atoms with Gasteiger partial charge in [0.05, 0.1) is 22.5 Å². The van der Waals surface area contributed by atoms with Gasteiger partial charge in [-0.3, -0.25) is 19.3 Å². The molecule has 156 valence electrons. The van der Waals surface area contributed by atoms with Crippen molar-refractivity contribution in [3.63, 3.8) is 0 Å². The number of furan rings is 1. The number of hydrogen-bond acceptors (Lipinski definition) is 5. The Kier molecular flexibility index (Phi) is 6.08. The Morgan fingerprint density at radius 1 is 1.10 bits per heavy atom. The van der Waals surface area contributed by atoms with E-state index in [2.05, 4.69) is 5.32 Å². The first-order chi connectivity index (χ1) is 14.5. The van der Waals surface area contributed by atoms with E-state index in [1.807, 2.05) is 12.1 Å². The van der Waals surface area contributed by atoms with Crippen molar-refractivity contribution in [1.82, 2.24) is 4.90 Å². The smallest absolute Gasteiger partial charge is 0.268 e. The molecular formula is C23H24N2O4S. The van der Waals surface area contributed by atoms with Crippen LogP contribution < -0.4 is 5.32 Å². The van der Waals surface area contributed by atoms with Gasteiger partial charge in [-0.15, -0.1) is 11.8 Å². The van der Waals surface area contributed by atoms with E-state index in [-0.39, 0.29) is 23.8 Å². The van der Waals surface area contributed by atoms with Gasteiger partial charge in [-0.25, -0.2) is 0 Å². The van der Waals surface area contributed by atoms with Gasteiger partial charge in [-0.1, -0.05) is 31.4 Å². The second-order valence-electron chi connectivity index (χ2n) is 7.60. The van der Waals surface area contributed by atoms with Crippen molar-refractivity contribution in [1.29, 1.82) is 0 Å². The van der Waals surface area contributed by atoms with Gasteiger partial charge in [0, 0.05) is 18.7 Å². The van der Waals surface area contributed by atoms with E-state index in [0.717, 1.165) is 37.9 Å². The first-order valence-electron chi connectivity index (χ1n) is 10.2. The summed E-state index contributed by atoms with van der Waals surface area (Å²) in [5.74, 6) is 0.648. The molecule has 2 heterocycles. The third-order valence-corrected chi connectivity index (χ3v) is 6.54. The molecule has 4 rings (SSSR count). The average Bonchev–Trinajstić information content (AvgIpc) is 3.33. The van der Waals surface area contributed by atoms with Crippen LogP contribution in [-0.4, -0.2) is 28.7 Å². The Hall–Kier alpha value is -2.80. The van der Waals surface area contributed by atoms with Gasteiger partial charge in [-0.05, 0) is 42.7 Å². The normalized spacial score (nSPS) is 17.7. The van der Waals surface area contributed by atoms with Crippen LogP contribution in [0.25, 0.3) is 5.57 Å². The molecule has 1 aliphatic carbocycles. The van der Waals surface area contributed by atoms with E-state index >= 15 is 0 Å². The van der Waals surface area contributed by atoms with Crippen LogP contribution >= 0.6 is 11.8 Å². The Morgan fingerprint density at radius 3 is 2.47 bits per heavy atom. The summed E-state index contributed by atoms with van der Waals surface area (Å²) >= 11 is 1.34. The summed E-state index contributed by atoms with van der Waals surface area (Å²) in [4.78, 5) is 39.9. The third kappa shape index (κ3) is 4.21. The molecule has 1 saturated carbocycles. The highest BCUT2D eigenvalue weighted by Crippen LogP contribution is 2.40. The minimum Gasteiger partial charge on any atom is -0.468 e. The molecule has 0 saturated heterocycles. The summed E-state index contributed by atoms with van der Waals surface area (Å²) in [5.41, 5.74) is 1.77. The maximum Gasteiger partial charge on any atom is 0.268 e. The number of imide groups is 1. The maximum absolute atomic E-state index is 13.4. The van der Waals surface area contributed by atoms with E-state index in [9.17, 15) is 14.4 Å². The van der Waals surface area contributed by atoms with Gasteiger partial charge in [0.15, 0.2) is 0 Å². The topological polar surface area (TPSA) is 79.6 Å². The number of nitrogens with zero attached hydrogens (tertiary/aromatic N) is 1. The summed E-state index contributed by atoms with van der Waals surface area (Å²) in [6.45, 7) is 1.45. The molecule has 1 aliphatic heterocycles. The van der Waals surface area contributed by atoms with Gasteiger partial charge in [-0.2, -0.15) is 0 Å². The highest BCUT2D eigenvalue weighted by atomic mass is 32.2. The van der Waals surface area contributed by atoms with Crippen LogP contribution in [0.4, 0.5) is 5.69 Å². The van der Waals surface area contributed by atoms with Crippen molar-refractivity contribution in [2.24, 2.45) is 0 Å². The second kappa shape index (κ2) is 8.92. The first-order valence-corrected chi connectivity index (χ1v) is 11.2. The number of amides is 3. The molecule has 2 aromatic rings. The lowest BCUT2D eigenvalue weighted by atomic mass is 9.94. The highest BCUT2D eigenvalue weighted by molar-refractivity contribution is 8.03. The molecule has 0 atom stereocenters. The lowest BCUT2D eigenvalue weighted by molar-refractivity contribution is -0.140. The van der Waals surface area contributed by atoms with Crippen molar-refractivity contribution in [2.45, 2.75) is 50.8 Å². The summed E-state index contributed by atoms with van der Waals surface area (Å²) in [7, 11) is 0. The van der Waals surface area contributed by atoms with Crippen LogP contribution in [0.2, 0.25) is 0 Å². The Bertz CT molecular complexity index is 973. The lowest BCUT2D eigenvalue weighted by Gasteiger charge is -2.29. The molecule has 0 unspecified atom stereocenters. The third-order valence-electron chi connectivity index (χ3n) is 5.45. The minimum absolute atomic E-state index is 0.0332.